The second kappa shape index (κ2) is 3.56. The Morgan fingerprint density at radius 2 is 2.20 bits per heavy atom. The van der Waals surface area contributed by atoms with Crippen molar-refractivity contribution in [3.8, 4) is 5.75 Å². The minimum Gasteiger partial charge on any atom is -0.739 e. The molecule has 0 amide bonds. The molecule has 0 aromatic heterocycles. The van der Waals surface area contributed by atoms with Crippen LogP contribution in [0.3, 0.4) is 0 Å². The number of carbonyl (C=O) groups is 1. The molecule has 1 aliphatic rings. The maximum Gasteiger partial charge on any atom is 0.385 e. The molecule has 2 rings (SSSR count). The fourth-order valence-electron chi connectivity index (χ4n) is 1.47. The highest BCUT2D eigenvalue weighted by Gasteiger charge is 2.35. The summed E-state index contributed by atoms with van der Waals surface area (Å²) in [7, 11) is 0. The predicted molar refractivity (Wildman–Crippen MR) is 49.0 cm³/mol. The van der Waals surface area contributed by atoms with Gasteiger partial charge in [0, 0.05) is 5.56 Å². The van der Waals surface area contributed by atoms with Gasteiger partial charge in [0.2, 0.25) is 0 Å². The van der Waals surface area contributed by atoms with Crippen molar-refractivity contribution in [2.45, 2.75) is 12.5 Å². The van der Waals surface area contributed by atoms with Crippen molar-refractivity contribution in [3.63, 3.8) is 0 Å². The second-order valence-corrected chi connectivity index (χ2v) is 3.13. The molecule has 0 spiro atoms. The highest BCUT2D eigenvalue weighted by Crippen LogP contribution is 2.25. The molecule has 1 heterocycles. The third-order valence-electron chi connectivity index (χ3n) is 2.22. The molecule has 78 valence electrons. The quantitative estimate of drug-likeness (QED) is 0.226. The van der Waals surface area contributed by atoms with Gasteiger partial charge in [0.1, 0.15) is 5.75 Å². The Labute approximate surface area is 84.9 Å². The maximum atomic E-state index is 11.3. The summed E-state index contributed by atoms with van der Waals surface area (Å²) in [6.45, 7) is 0. The van der Waals surface area contributed by atoms with E-state index in [1.807, 2.05) is 0 Å². The summed E-state index contributed by atoms with van der Waals surface area (Å²) in [6.07, 6.45) is 0.143. The summed E-state index contributed by atoms with van der Waals surface area (Å²) in [5.41, 5.74) is 0.714. The van der Waals surface area contributed by atoms with Crippen LogP contribution in [0.15, 0.2) is 29.5 Å². The topological polar surface area (TPSA) is 87.8 Å². The minimum absolute atomic E-state index is 0.143. The number of fused-ring (bicyclic) bond motifs is 1. The Hall–Kier alpha value is -2.11. The Kier molecular flexibility index (Phi) is 2.24. The van der Waals surface area contributed by atoms with E-state index in [1.165, 1.54) is 0 Å². The lowest BCUT2D eigenvalue weighted by Crippen LogP contribution is -2.38. The van der Waals surface area contributed by atoms with Gasteiger partial charge in [-0.2, -0.15) is 0 Å². The van der Waals surface area contributed by atoms with Crippen molar-refractivity contribution in [1.82, 2.24) is 0 Å². The lowest BCUT2D eigenvalue weighted by atomic mass is 10.0. The molecule has 0 fully saturated rings. The van der Waals surface area contributed by atoms with Gasteiger partial charge in [0.25, 0.3) is 6.04 Å². The number of rotatable bonds is 1. The fourth-order valence-corrected chi connectivity index (χ4v) is 1.47. The maximum absolute atomic E-state index is 11.3. The van der Waals surface area contributed by atoms with Crippen molar-refractivity contribution in [1.29, 1.82) is 0 Å². The Morgan fingerprint density at radius 1 is 1.47 bits per heavy atom. The van der Waals surface area contributed by atoms with Crippen LogP contribution in [0, 0.1) is 10.4 Å². The van der Waals surface area contributed by atoms with Crippen LogP contribution in [0.5, 0.6) is 5.75 Å². The molecule has 0 bridgehead atoms. The number of nitrogens with zero attached hydrogens (tertiary/aromatic N) is 2. The SMILES string of the molecule is O=C1Oc2ccccc2CC1[N+]([O-])=N[O-]. The largest absolute Gasteiger partial charge is 0.739 e. The Morgan fingerprint density at radius 3 is 2.93 bits per heavy atom. The van der Waals surface area contributed by atoms with E-state index in [0.717, 1.165) is 0 Å². The van der Waals surface area contributed by atoms with E-state index in [2.05, 4.69) is 5.28 Å². The molecule has 6 nitrogen and oxygen atoms in total. The van der Waals surface area contributed by atoms with E-state index >= 15 is 0 Å². The van der Waals surface area contributed by atoms with E-state index < -0.39 is 12.0 Å². The van der Waals surface area contributed by atoms with Crippen LogP contribution in [-0.2, 0) is 11.2 Å². The molecule has 0 N–H and O–H groups in total. The molecule has 0 radical (unpaired) electrons. The lowest BCUT2D eigenvalue weighted by Gasteiger charge is -2.20. The van der Waals surface area contributed by atoms with Gasteiger partial charge in [-0.25, -0.2) is 4.79 Å². The van der Waals surface area contributed by atoms with Gasteiger partial charge in [-0.3, -0.25) is 0 Å². The number of ether oxygens (including phenoxy) is 1. The molecule has 0 aliphatic carbocycles. The van der Waals surface area contributed by atoms with E-state index in [1.54, 1.807) is 24.3 Å². The summed E-state index contributed by atoms with van der Waals surface area (Å²) in [4.78, 5) is 11.1. The third kappa shape index (κ3) is 1.61. The molecule has 0 saturated carbocycles. The lowest BCUT2D eigenvalue weighted by molar-refractivity contribution is -0.553. The zero-order valence-electron chi connectivity index (χ0n) is 7.62. The number of esters is 1. The van der Waals surface area contributed by atoms with Crippen molar-refractivity contribution in [3.05, 3.63) is 40.2 Å². The van der Waals surface area contributed by atoms with Gasteiger partial charge < -0.3 is 15.2 Å². The van der Waals surface area contributed by atoms with Crippen molar-refractivity contribution in [2.75, 3.05) is 0 Å². The zero-order chi connectivity index (χ0) is 10.8. The molecular formula is C9H7N2O4-. The van der Waals surface area contributed by atoms with Gasteiger partial charge >= 0.3 is 5.97 Å². The highest BCUT2D eigenvalue weighted by atomic mass is 16.6. The summed E-state index contributed by atoms with van der Waals surface area (Å²) >= 11 is 0. The monoisotopic (exact) mass is 207 g/mol. The van der Waals surface area contributed by atoms with Gasteiger partial charge in [0.15, 0.2) is 0 Å². The van der Waals surface area contributed by atoms with E-state index in [-0.39, 0.29) is 11.3 Å². The molecule has 1 atom stereocenters. The van der Waals surface area contributed by atoms with Crippen LogP contribution in [0.2, 0.25) is 0 Å². The number of para-hydroxylation sites is 1. The molecule has 1 aromatic rings. The number of hydroxylamine groups is 1. The number of carbonyl (C=O) groups excluding carboxylic acids is 1. The van der Waals surface area contributed by atoms with Gasteiger partial charge in [-0.15, -0.1) is 0 Å². The summed E-state index contributed by atoms with van der Waals surface area (Å²) in [5, 5.41) is 23.1. The number of hydrogen-bond acceptors (Lipinski definition) is 5. The summed E-state index contributed by atoms with van der Waals surface area (Å²) in [6, 6.07) is 5.68. The summed E-state index contributed by atoms with van der Waals surface area (Å²) in [5.74, 6) is -0.318. The average Bonchev–Trinajstić information content (AvgIpc) is 2.27. The molecule has 15 heavy (non-hydrogen) atoms. The van der Waals surface area contributed by atoms with Crippen LogP contribution in [0.1, 0.15) is 5.56 Å². The second-order valence-electron chi connectivity index (χ2n) is 3.13. The van der Waals surface area contributed by atoms with Gasteiger partial charge in [0.05, 0.1) is 6.42 Å². The van der Waals surface area contributed by atoms with Crippen LogP contribution in [-0.4, -0.2) is 16.9 Å². The smallest absolute Gasteiger partial charge is 0.385 e. The normalized spacial score (nSPS) is 20.7. The van der Waals surface area contributed by atoms with Crippen LogP contribution in [0.4, 0.5) is 0 Å². The molecule has 6 heteroatoms. The van der Waals surface area contributed by atoms with E-state index in [4.69, 9.17) is 4.74 Å². The van der Waals surface area contributed by atoms with Crippen molar-refractivity contribution < 1.29 is 14.4 Å². The molecule has 1 unspecified atom stereocenters. The summed E-state index contributed by atoms with van der Waals surface area (Å²) < 4.78 is 4.89. The highest BCUT2D eigenvalue weighted by molar-refractivity contribution is 5.79. The first-order valence-corrected chi connectivity index (χ1v) is 4.31. The van der Waals surface area contributed by atoms with Crippen LogP contribution in [0.25, 0.3) is 0 Å². The van der Waals surface area contributed by atoms with Crippen LogP contribution < -0.4 is 4.74 Å². The van der Waals surface area contributed by atoms with E-state index in [9.17, 15) is 15.2 Å². The average molecular weight is 207 g/mol. The van der Waals surface area contributed by atoms with Crippen molar-refractivity contribution in [2.24, 2.45) is 5.28 Å². The fraction of sp³-hybridized carbons (Fsp3) is 0.222. The third-order valence-corrected chi connectivity index (χ3v) is 2.22. The van der Waals surface area contributed by atoms with Crippen LogP contribution >= 0.6 is 0 Å². The predicted octanol–water partition coefficient (Wildman–Crippen LogP) is 0.977. The van der Waals surface area contributed by atoms with Gasteiger partial charge in [-0.1, -0.05) is 23.1 Å². The van der Waals surface area contributed by atoms with Crippen molar-refractivity contribution >= 4 is 5.97 Å². The Bertz CT molecular complexity index is 430. The first-order valence-electron chi connectivity index (χ1n) is 4.31. The molecule has 1 aliphatic heterocycles. The number of hydrogen-bond donors (Lipinski definition) is 0. The zero-order valence-corrected chi connectivity index (χ0v) is 7.62. The van der Waals surface area contributed by atoms with Gasteiger partial charge in [-0.05, 0) is 11.3 Å². The first kappa shape index (κ1) is 9.45. The molecular weight excluding hydrogens is 200 g/mol. The number of benzene rings is 1. The standard InChI is InChI=1S/C9H8N2O4/c12-9-7(11(14)10-13)5-6-3-1-2-4-8(6)15-9/h1-4,7,13H,5H2/p-1. The van der Waals surface area contributed by atoms with E-state index in [0.29, 0.717) is 11.3 Å². The Balaban J connectivity index is 2.34. The minimum atomic E-state index is -1.17. The first-order chi connectivity index (χ1) is 7.22. The molecule has 1 aromatic carbocycles. The molecule has 0 saturated heterocycles.